The van der Waals surface area contributed by atoms with E-state index in [1.807, 2.05) is 37.3 Å². The Labute approximate surface area is 150 Å². The third-order valence-electron chi connectivity index (χ3n) is 4.33. The third kappa shape index (κ3) is 5.66. The topological polar surface area (TPSA) is 63.2 Å². The van der Waals surface area contributed by atoms with E-state index in [0.717, 1.165) is 31.2 Å². The molecule has 0 saturated carbocycles. The average molecular weight is 347 g/mol. The minimum absolute atomic E-state index is 0.0877. The van der Waals surface area contributed by atoms with Crippen LogP contribution in [0.5, 0.6) is 5.75 Å². The molecule has 6 heteroatoms. The fourth-order valence-corrected chi connectivity index (χ4v) is 2.98. The van der Waals surface area contributed by atoms with Crippen molar-refractivity contribution in [2.75, 3.05) is 39.9 Å². The second-order valence-corrected chi connectivity index (χ2v) is 6.26. The summed E-state index contributed by atoms with van der Waals surface area (Å²) in [5, 5.41) is 3.31. The molecule has 2 unspecified atom stereocenters. The number of aliphatic imine (C=N–C) groups is 1. The van der Waals surface area contributed by atoms with Crippen LogP contribution < -0.4 is 10.1 Å². The number of likely N-dealkylation sites (tertiary alicyclic amines) is 1. The minimum Gasteiger partial charge on any atom is -0.494 e. The minimum atomic E-state index is -0.137. The predicted octanol–water partition coefficient (Wildman–Crippen LogP) is 2.16. The highest BCUT2D eigenvalue weighted by Gasteiger charge is 2.36. The predicted molar refractivity (Wildman–Crippen MR) is 98.8 cm³/mol. The first-order valence-corrected chi connectivity index (χ1v) is 8.94. The SMILES string of the molecule is CCNC(=NCCCOc1ccccc1)N1CC(C)C(C(=O)OC)C1. The first kappa shape index (κ1) is 19.1. The van der Waals surface area contributed by atoms with E-state index in [1.165, 1.54) is 7.11 Å². The monoisotopic (exact) mass is 347 g/mol. The lowest BCUT2D eigenvalue weighted by Crippen LogP contribution is -2.40. The normalized spacial score (nSPS) is 20.4. The number of para-hydroxylation sites is 1. The fraction of sp³-hybridized carbons (Fsp3) is 0.579. The maximum Gasteiger partial charge on any atom is 0.310 e. The summed E-state index contributed by atoms with van der Waals surface area (Å²) >= 11 is 0. The van der Waals surface area contributed by atoms with Crippen LogP contribution in [0.2, 0.25) is 0 Å². The summed E-state index contributed by atoms with van der Waals surface area (Å²) in [6.07, 6.45) is 0.841. The number of carbonyl (C=O) groups excluding carboxylic acids is 1. The third-order valence-corrected chi connectivity index (χ3v) is 4.33. The van der Waals surface area contributed by atoms with Crippen LogP contribution in [-0.2, 0) is 9.53 Å². The Morgan fingerprint density at radius 1 is 1.32 bits per heavy atom. The van der Waals surface area contributed by atoms with Gasteiger partial charge in [-0.1, -0.05) is 25.1 Å². The number of rotatable bonds is 7. The number of esters is 1. The number of carbonyl (C=O) groups is 1. The van der Waals surface area contributed by atoms with E-state index in [4.69, 9.17) is 9.47 Å². The first-order chi connectivity index (χ1) is 12.2. The van der Waals surface area contributed by atoms with Crippen LogP contribution in [0.15, 0.2) is 35.3 Å². The van der Waals surface area contributed by atoms with Crippen molar-refractivity contribution in [3.63, 3.8) is 0 Å². The molecule has 0 bridgehead atoms. The Bertz CT molecular complexity index is 562. The van der Waals surface area contributed by atoms with E-state index in [-0.39, 0.29) is 17.8 Å². The summed E-state index contributed by atoms with van der Waals surface area (Å²) in [6.45, 7) is 7.71. The molecular formula is C19H29N3O3. The van der Waals surface area contributed by atoms with Gasteiger partial charge >= 0.3 is 5.97 Å². The summed E-state index contributed by atoms with van der Waals surface area (Å²) in [4.78, 5) is 18.7. The molecule has 2 atom stereocenters. The second kappa shape index (κ2) is 9.91. The standard InChI is InChI=1S/C19H29N3O3/c1-4-20-19(22-13-15(2)17(14-22)18(23)24-3)21-11-8-12-25-16-9-6-5-7-10-16/h5-7,9-10,15,17H,4,8,11-14H2,1-3H3,(H,20,21). The van der Waals surface area contributed by atoms with Gasteiger partial charge in [-0.25, -0.2) is 0 Å². The van der Waals surface area contributed by atoms with Gasteiger partial charge in [-0.3, -0.25) is 9.79 Å². The molecule has 1 heterocycles. The van der Waals surface area contributed by atoms with Crippen LogP contribution in [0.25, 0.3) is 0 Å². The van der Waals surface area contributed by atoms with Gasteiger partial charge in [0.1, 0.15) is 5.75 Å². The Hall–Kier alpha value is -2.24. The van der Waals surface area contributed by atoms with Crippen LogP contribution in [0, 0.1) is 11.8 Å². The van der Waals surface area contributed by atoms with Crippen molar-refractivity contribution < 1.29 is 14.3 Å². The highest BCUT2D eigenvalue weighted by molar-refractivity contribution is 5.82. The Morgan fingerprint density at radius 3 is 2.76 bits per heavy atom. The van der Waals surface area contributed by atoms with Gasteiger partial charge in [0.15, 0.2) is 5.96 Å². The molecule has 1 saturated heterocycles. The molecule has 0 spiro atoms. The van der Waals surface area contributed by atoms with Gasteiger partial charge in [-0.2, -0.15) is 0 Å². The molecule has 138 valence electrons. The Kier molecular flexibility index (Phi) is 7.57. The number of benzene rings is 1. The van der Waals surface area contributed by atoms with Crippen LogP contribution in [0.1, 0.15) is 20.3 Å². The number of nitrogens with one attached hydrogen (secondary N) is 1. The molecule has 1 N–H and O–H groups in total. The highest BCUT2D eigenvalue weighted by atomic mass is 16.5. The molecule has 1 aromatic carbocycles. The molecule has 1 aromatic rings. The van der Waals surface area contributed by atoms with Crippen molar-refractivity contribution in [3.05, 3.63) is 30.3 Å². The number of hydrogen-bond donors (Lipinski definition) is 1. The lowest BCUT2D eigenvalue weighted by atomic mass is 9.99. The Morgan fingerprint density at radius 2 is 2.08 bits per heavy atom. The van der Waals surface area contributed by atoms with Gasteiger partial charge in [0, 0.05) is 32.6 Å². The zero-order chi connectivity index (χ0) is 18.1. The van der Waals surface area contributed by atoms with Crippen LogP contribution in [0.4, 0.5) is 0 Å². The molecule has 2 rings (SSSR count). The van der Waals surface area contributed by atoms with E-state index in [1.54, 1.807) is 0 Å². The largest absolute Gasteiger partial charge is 0.494 e. The van der Waals surface area contributed by atoms with Crippen molar-refractivity contribution in [2.45, 2.75) is 20.3 Å². The molecule has 1 aliphatic rings. The van der Waals surface area contributed by atoms with Crippen molar-refractivity contribution in [1.29, 1.82) is 0 Å². The van der Waals surface area contributed by atoms with Crippen LogP contribution in [-0.4, -0.2) is 56.7 Å². The van der Waals surface area contributed by atoms with Crippen LogP contribution in [0.3, 0.4) is 0 Å². The molecule has 1 aliphatic heterocycles. The highest BCUT2D eigenvalue weighted by Crippen LogP contribution is 2.24. The number of guanidine groups is 1. The first-order valence-electron chi connectivity index (χ1n) is 8.94. The lowest BCUT2D eigenvalue weighted by molar-refractivity contribution is -0.145. The molecule has 25 heavy (non-hydrogen) atoms. The quantitative estimate of drug-likeness (QED) is 0.354. The molecule has 6 nitrogen and oxygen atoms in total. The number of nitrogens with zero attached hydrogens (tertiary/aromatic N) is 2. The van der Waals surface area contributed by atoms with E-state index in [0.29, 0.717) is 19.7 Å². The molecule has 0 aromatic heterocycles. The van der Waals surface area contributed by atoms with Crippen molar-refractivity contribution in [3.8, 4) is 5.75 Å². The van der Waals surface area contributed by atoms with Gasteiger partial charge in [0.2, 0.25) is 0 Å². The zero-order valence-electron chi connectivity index (χ0n) is 15.4. The molecule has 1 fully saturated rings. The van der Waals surface area contributed by atoms with E-state index < -0.39 is 0 Å². The van der Waals surface area contributed by atoms with Crippen molar-refractivity contribution in [2.24, 2.45) is 16.8 Å². The lowest BCUT2D eigenvalue weighted by Gasteiger charge is -2.21. The summed E-state index contributed by atoms with van der Waals surface area (Å²) in [5.41, 5.74) is 0. The average Bonchev–Trinajstić information content (AvgIpc) is 3.02. The molecule has 0 amide bonds. The van der Waals surface area contributed by atoms with E-state index >= 15 is 0 Å². The van der Waals surface area contributed by atoms with Gasteiger partial charge in [0.05, 0.1) is 19.6 Å². The van der Waals surface area contributed by atoms with E-state index in [9.17, 15) is 4.79 Å². The summed E-state index contributed by atoms with van der Waals surface area (Å²) in [6, 6.07) is 9.79. The fourth-order valence-electron chi connectivity index (χ4n) is 2.98. The molecular weight excluding hydrogens is 318 g/mol. The second-order valence-electron chi connectivity index (χ2n) is 6.26. The van der Waals surface area contributed by atoms with Crippen molar-refractivity contribution in [1.82, 2.24) is 10.2 Å². The summed E-state index contributed by atoms with van der Waals surface area (Å²) in [5.74, 6) is 1.78. The van der Waals surface area contributed by atoms with Gasteiger partial charge in [-0.15, -0.1) is 0 Å². The van der Waals surface area contributed by atoms with Crippen molar-refractivity contribution >= 4 is 11.9 Å². The maximum atomic E-state index is 11.9. The van der Waals surface area contributed by atoms with Gasteiger partial charge in [0.25, 0.3) is 0 Å². The van der Waals surface area contributed by atoms with Gasteiger partial charge in [-0.05, 0) is 25.0 Å². The molecule has 0 radical (unpaired) electrons. The molecule has 0 aliphatic carbocycles. The van der Waals surface area contributed by atoms with E-state index in [2.05, 4.69) is 22.1 Å². The smallest absolute Gasteiger partial charge is 0.310 e. The maximum absolute atomic E-state index is 11.9. The Balaban J connectivity index is 1.83. The number of methoxy groups -OCH3 is 1. The summed E-state index contributed by atoms with van der Waals surface area (Å²) < 4.78 is 10.6. The summed E-state index contributed by atoms with van der Waals surface area (Å²) in [7, 11) is 1.45. The number of ether oxygens (including phenoxy) is 2. The van der Waals surface area contributed by atoms with Crippen LogP contribution >= 0.6 is 0 Å². The van der Waals surface area contributed by atoms with Gasteiger partial charge < -0.3 is 19.7 Å². The zero-order valence-corrected chi connectivity index (χ0v) is 15.4. The number of hydrogen-bond acceptors (Lipinski definition) is 4.